The van der Waals surface area contributed by atoms with Gasteiger partial charge in [-0.3, -0.25) is 9.78 Å². The second-order valence-corrected chi connectivity index (χ2v) is 6.58. The highest BCUT2D eigenvalue weighted by Gasteiger charge is 2.35. The van der Waals surface area contributed by atoms with Crippen molar-refractivity contribution in [1.29, 1.82) is 0 Å². The van der Waals surface area contributed by atoms with Gasteiger partial charge in [-0.15, -0.1) is 0 Å². The Labute approximate surface area is 180 Å². The van der Waals surface area contributed by atoms with E-state index in [4.69, 9.17) is 22.6 Å². The summed E-state index contributed by atoms with van der Waals surface area (Å²) in [6, 6.07) is 5.65. The zero-order valence-electron chi connectivity index (χ0n) is 23.0. The minimum absolute atomic E-state index is 0.191. The quantitative estimate of drug-likeness (QED) is 0.770. The lowest BCUT2D eigenvalue weighted by Crippen LogP contribution is -2.48. The number of halogens is 3. The van der Waals surface area contributed by atoms with Gasteiger partial charge >= 0.3 is 0 Å². The van der Waals surface area contributed by atoms with E-state index in [0.29, 0.717) is 0 Å². The molecule has 1 amide bonds. The number of aromatic nitrogens is 1. The third-order valence-corrected chi connectivity index (χ3v) is 4.39. The summed E-state index contributed by atoms with van der Waals surface area (Å²) in [5.74, 6) is -2.03. The van der Waals surface area contributed by atoms with Crippen LogP contribution in [0, 0.1) is 5.82 Å². The minimum atomic E-state index is -3.09. The van der Waals surface area contributed by atoms with Crippen molar-refractivity contribution in [2.24, 2.45) is 0 Å². The molecule has 4 nitrogen and oxygen atoms in total. The van der Waals surface area contributed by atoms with Crippen LogP contribution in [0.4, 0.5) is 8.78 Å². The minimum Gasteiger partial charge on any atom is -0.338 e. The molecule has 0 saturated carbocycles. The van der Waals surface area contributed by atoms with Gasteiger partial charge in [0.05, 0.1) is 10.7 Å². The Bertz CT molecular complexity index is 1130. The summed E-state index contributed by atoms with van der Waals surface area (Å²) >= 11 is 5.69. The molecule has 1 aliphatic heterocycles. The van der Waals surface area contributed by atoms with Gasteiger partial charge in [-0.1, -0.05) is 24.6 Å². The largest absolute Gasteiger partial charge is 0.338 e. The van der Waals surface area contributed by atoms with Crippen LogP contribution >= 0.6 is 11.6 Å². The maximum Gasteiger partial charge on any atom is 0.253 e. The summed E-state index contributed by atoms with van der Waals surface area (Å²) in [6.45, 7) is -7.83. The predicted octanol–water partition coefficient (Wildman–Crippen LogP) is 4.17. The van der Waals surface area contributed by atoms with Crippen molar-refractivity contribution in [2.75, 3.05) is 19.5 Å². The van der Waals surface area contributed by atoms with E-state index in [9.17, 15) is 9.18 Å². The molecule has 1 aromatic carbocycles. The van der Waals surface area contributed by atoms with Crippen molar-refractivity contribution in [3.8, 4) is 0 Å². The number of piperidine rings is 1. The molecule has 2 heterocycles. The highest BCUT2D eigenvalue weighted by Crippen LogP contribution is 2.27. The monoisotopic (exact) mass is 415 g/mol. The smallest absolute Gasteiger partial charge is 0.253 e. The van der Waals surface area contributed by atoms with E-state index in [1.807, 2.05) is 0 Å². The van der Waals surface area contributed by atoms with Gasteiger partial charge in [-0.2, -0.15) is 0 Å². The molecule has 1 fully saturated rings. The molecule has 0 unspecified atom stereocenters. The van der Waals surface area contributed by atoms with E-state index in [1.54, 1.807) is 0 Å². The average Bonchev–Trinajstić information content (AvgIpc) is 2.71. The second-order valence-electron chi connectivity index (χ2n) is 6.17. The summed E-state index contributed by atoms with van der Waals surface area (Å²) in [6.07, 6.45) is -2.76. The SMILES string of the molecule is [2H]C([2H])(C)c1ccc(CNC([2H])([2H])C2(F)CC([2H])([2H])N(C(=O)c3ccc(F)c(Cl)c3)C([2H])([2H])C2)nc1. The van der Waals surface area contributed by atoms with Crippen LogP contribution < -0.4 is 5.32 Å². The molecule has 7 heteroatoms. The van der Waals surface area contributed by atoms with Crippen LogP contribution in [0.1, 0.15) is 52.3 Å². The lowest BCUT2D eigenvalue weighted by Gasteiger charge is -2.36. The summed E-state index contributed by atoms with van der Waals surface area (Å²) in [5.41, 5.74) is -2.86. The van der Waals surface area contributed by atoms with Crippen LogP contribution in [0.15, 0.2) is 36.5 Å². The molecule has 0 spiro atoms. The first-order chi connectivity index (χ1) is 16.3. The van der Waals surface area contributed by atoms with Gasteiger partial charge in [-0.25, -0.2) is 8.78 Å². The summed E-state index contributed by atoms with van der Waals surface area (Å²) in [5, 5.41) is 1.88. The van der Waals surface area contributed by atoms with E-state index in [-0.39, 0.29) is 28.3 Å². The number of aryl methyl sites for hydroxylation is 1. The number of likely N-dealkylation sites (tertiary alicyclic amines) is 1. The Morgan fingerprint density at radius 1 is 1.39 bits per heavy atom. The van der Waals surface area contributed by atoms with E-state index in [1.165, 1.54) is 25.3 Å². The van der Waals surface area contributed by atoms with E-state index in [2.05, 4.69) is 10.3 Å². The van der Waals surface area contributed by atoms with Crippen molar-refractivity contribution in [3.63, 3.8) is 0 Å². The van der Waals surface area contributed by atoms with Gasteiger partial charge in [-0.05, 0) is 36.2 Å². The van der Waals surface area contributed by atoms with Gasteiger partial charge in [0.1, 0.15) is 11.5 Å². The molecular weight excluding hydrogens is 384 g/mol. The van der Waals surface area contributed by atoms with Gasteiger partial charge in [0.25, 0.3) is 5.91 Å². The first-order valence-corrected chi connectivity index (χ1v) is 8.86. The fourth-order valence-electron chi connectivity index (χ4n) is 2.49. The summed E-state index contributed by atoms with van der Waals surface area (Å²) in [4.78, 5) is 17.2. The first-order valence-electron chi connectivity index (χ1n) is 12.5. The molecule has 150 valence electrons. The Hall–Kier alpha value is -2.05. The molecule has 1 saturated heterocycles. The molecule has 0 aliphatic carbocycles. The highest BCUT2D eigenvalue weighted by molar-refractivity contribution is 6.31. The zero-order chi connectivity index (χ0) is 27.3. The number of nitrogens with zero attached hydrogens (tertiary/aromatic N) is 2. The number of rotatable bonds is 6. The fraction of sp³-hybridized carbons (Fsp3) is 0.429. The Balaban J connectivity index is 1.82. The van der Waals surface area contributed by atoms with Crippen LogP contribution in [0.25, 0.3) is 0 Å². The number of hydrogen-bond acceptors (Lipinski definition) is 3. The van der Waals surface area contributed by atoms with Gasteiger partial charge in [0.2, 0.25) is 0 Å². The number of carbonyl (C=O) groups is 1. The summed E-state index contributed by atoms with van der Waals surface area (Å²) in [7, 11) is 0. The van der Waals surface area contributed by atoms with Crippen molar-refractivity contribution < 1.29 is 24.5 Å². The second kappa shape index (κ2) is 8.97. The third kappa shape index (κ3) is 5.06. The number of amides is 1. The number of hydrogen-bond donors (Lipinski definition) is 1. The molecule has 0 bridgehead atoms. The van der Waals surface area contributed by atoms with Crippen LogP contribution in [-0.4, -0.2) is 41.0 Å². The third-order valence-electron chi connectivity index (χ3n) is 4.10. The Morgan fingerprint density at radius 2 is 2.14 bits per heavy atom. The normalized spacial score (nSPS) is 25.1. The Morgan fingerprint density at radius 3 is 2.75 bits per heavy atom. The number of pyridine rings is 1. The number of nitrogens with one attached hydrogen (secondary N) is 1. The first kappa shape index (κ1) is 12.5. The molecule has 1 aromatic heterocycles. The number of benzene rings is 1. The maximum atomic E-state index is 16.0. The van der Waals surface area contributed by atoms with Gasteiger partial charge in [0.15, 0.2) is 0 Å². The Kier molecular flexibility index (Phi) is 4.00. The maximum absolute atomic E-state index is 16.0. The van der Waals surface area contributed by atoms with Crippen LogP contribution in [0.5, 0.6) is 0 Å². The van der Waals surface area contributed by atoms with E-state index >= 15 is 4.39 Å². The van der Waals surface area contributed by atoms with Crippen molar-refractivity contribution in [3.05, 3.63) is 64.2 Å². The average molecular weight is 416 g/mol. The van der Waals surface area contributed by atoms with Crippen LogP contribution in [0.2, 0.25) is 5.02 Å². The molecule has 3 rings (SSSR count). The van der Waals surface area contributed by atoms with E-state index in [0.717, 1.165) is 18.2 Å². The number of carbonyl (C=O) groups excluding carboxylic acids is 1. The molecule has 0 radical (unpaired) electrons. The van der Waals surface area contributed by atoms with Crippen molar-refractivity contribution in [2.45, 2.75) is 38.4 Å². The topological polar surface area (TPSA) is 45.2 Å². The van der Waals surface area contributed by atoms with Crippen molar-refractivity contribution >= 4 is 17.5 Å². The number of alkyl halides is 1. The van der Waals surface area contributed by atoms with E-state index < -0.39 is 61.1 Å². The fourth-order valence-corrected chi connectivity index (χ4v) is 2.67. The molecule has 0 atom stereocenters. The lowest BCUT2D eigenvalue weighted by atomic mass is 9.92. The zero-order valence-corrected chi connectivity index (χ0v) is 15.8. The molecule has 1 aliphatic rings. The van der Waals surface area contributed by atoms with Gasteiger partial charge in [0, 0.05) is 61.6 Å². The molecular formula is C21H24ClF2N3O. The molecule has 28 heavy (non-hydrogen) atoms. The predicted molar refractivity (Wildman–Crippen MR) is 106 cm³/mol. The summed E-state index contributed by atoms with van der Waals surface area (Å²) < 4.78 is 94.4. The van der Waals surface area contributed by atoms with Crippen LogP contribution in [0.3, 0.4) is 0 Å². The highest BCUT2D eigenvalue weighted by atomic mass is 35.5. The lowest BCUT2D eigenvalue weighted by molar-refractivity contribution is 0.0434. The van der Waals surface area contributed by atoms with Crippen molar-refractivity contribution in [1.82, 2.24) is 15.2 Å². The molecule has 1 N–H and O–H groups in total. The van der Waals surface area contributed by atoms with Gasteiger partial charge < -0.3 is 10.2 Å². The van der Waals surface area contributed by atoms with Crippen LogP contribution in [-0.2, 0) is 12.9 Å². The molecule has 2 aromatic rings. The standard InChI is InChI=1S/C21H24ClF2N3O/c1-2-15-3-5-17(26-12-15)13-25-14-21(24)7-9-27(10-8-21)20(28)16-4-6-19(23)18(22)11-16/h3-6,11-12,25H,2,7-10,13-14H2,1H3/i2D2,9D2,10D2,14D2.